The van der Waals surface area contributed by atoms with E-state index in [0.29, 0.717) is 47.3 Å². The fourth-order valence-corrected chi connectivity index (χ4v) is 8.92. The average molecular weight is 736 g/mol. The summed E-state index contributed by atoms with van der Waals surface area (Å²) in [6, 6.07) is 8.77. The van der Waals surface area contributed by atoms with Crippen LogP contribution in [0.1, 0.15) is 41.5 Å². The zero-order chi connectivity index (χ0) is 35.8. The summed E-state index contributed by atoms with van der Waals surface area (Å²) < 4.78 is 79.3. The van der Waals surface area contributed by atoms with Gasteiger partial charge in [-0.15, -0.1) is 11.3 Å². The molecule has 0 amide bonds. The van der Waals surface area contributed by atoms with E-state index in [9.17, 15) is 31.2 Å². The molecule has 2 aliphatic rings. The maximum absolute atomic E-state index is 13.1. The third kappa shape index (κ3) is 7.84. The van der Waals surface area contributed by atoms with Crippen molar-refractivity contribution in [1.82, 2.24) is 28.6 Å². The molecule has 270 valence electrons. The first-order chi connectivity index (χ1) is 23.8. The number of alkyl halides is 4. The summed E-state index contributed by atoms with van der Waals surface area (Å²) in [5.74, 6) is 0.903. The Bertz CT molecular complexity index is 1990. The minimum atomic E-state index is -4.30. The molecule has 11 nitrogen and oxygen atoms in total. The van der Waals surface area contributed by atoms with Gasteiger partial charge in [0.25, 0.3) is 0 Å². The van der Waals surface area contributed by atoms with E-state index in [1.807, 2.05) is 10.6 Å². The monoisotopic (exact) mass is 735 g/mol. The number of likely N-dealkylation sites (tertiary alicyclic amines) is 1. The number of piperazine rings is 1. The second kappa shape index (κ2) is 14.6. The van der Waals surface area contributed by atoms with Crippen LogP contribution in [0.5, 0.6) is 0 Å². The lowest BCUT2D eigenvalue weighted by Gasteiger charge is -2.37. The van der Waals surface area contributed by atoms with Crippen molar-refractivity contribution in [1.29, 1.82) is 5.26 Å². The summed E-state index contributed by atoms with van der Waals surface area (Å²) in [5.41, 5.74) is 3.83. The zero-order valence-corrected chi connectivity index (χ0v) is 29.9. The van der Waals surface area contributed by atoms with Crippen molar-refractivity contribution < 1.29 is 26.0 Å². The van der Waals surface area contributed by atoms with Crippen LogP contribution in [0.4, 0.5) is 29.3 Å². The van der Waals surface area contributed by atoms with Crippen LogP contribution in [0.25, 0.3) is 21.1 Å². The standard InChI is InChI=1S/C33H41F4N9O2S2/c1-21(44-10-12-45(13-11-44)50(47,48)20-34)18-46-25(17-38)14-27-22(2)23(4-5-29(27)46)19-43-8-6-24(7-9-43)40-30-28-15-26(16-33(35,36)37)49-31(28)42-32(39-3)41-30/h4-5,14-15,21,24H,6-13,16,18-20H2,1-3H3,(H2,39,40,41,42)/t21-/m0/s1. The maximum Gasteiger partial charge on any atom is 0.393 e. The molecule has 0 bridgehead atoms. The second-order valence-corrected chi connectivity index (χ2v) is 16.1. The number of piperidine rings is 1. The van der Waals surface area contributed by atoms with Gasteiger partial charge in [0.15, 0.2) is 0 Å². The van der Waals surface area contributed by atoms with E-state index >= 15 is 0 Å². The molecular weight excluding hydrogens is 695 g/mol. The lowest BCUT2D eigenvalue weighted by Crippen LogP contribution is -2.52. The molecule has 5 heterocycles. The molecule has 2 saturated heterocycles. The number of benzene rings is 1. The Morgan fingerprint density at radius 3 is 2.44 bits per heavy atom. The predicted octanol–water partition coefficient (Wildman–Crippen LogP) is 5.31. The zero-order valence-electron chi connectivity index (χ0n) is 28.2. The molecular formula is C33H41F4N9O2S2. The number of hydrogen-bond acceptors (Lipinski definition) is 10. The number of nitriles is 1. The summed E-state index contributed by atoms with van der Waals surface area (Å²) >= 11 is 1.04. The number of aryl methyl sites for hydroxylation is 1. The third-order valence-corrected chi connectivity index (χ3v) is 12.3. The summed E-state index contributed by atoms with van der Waals surface area (Å²) in [5, 5.41) is 18.0. The van der Waals surface area contributed by atoms with Crippen LogP contribution in [-0.2, 0) is 29.5 Å². The van der Waals surface area contributed by atoms with Crippen molar-refractivity contribution in [3.8, 4) is 6.07 Å². The number of aromatic nitrogens is 3. The van der Waals surface area contributed by atoms with Crippen LogP contribution in [0.2, 0.25) is 0 Å². The largest absolute Gasteiger partial charge is 0.393 e. The van der Waals surface area contributed by atoms with E-state index in [4.69, 9.17) is 0 Å². The maximum atomic E-state index is 13.1. The van der Waals surface area contributed by atoms with Crippen LogP contribution in [-0.4, -0.2) is 108 Å². The smallest absolute Gasteiger partial charge is 0.367 e. The molecule has 4 aromatic rings. The molecule has 1 atom stereocenters. The minimum Gasteiger partial charge on any atom is -0.367 e. The summed E-state index contributed by atoms with van der Waals surface area (Å²) in [4.78, 5) is 14.2. The molecule has 0 saturated carbocycles. The molecule has 2 aliphatic heterocycles. The Morgan fingerprint density at radius 2 is 1.80 bits per heavy atom. The van der Waals surface area contributed by atoms with Crippen LogP contribution in [0, 0.1) is 18.3 Å². The van der Waals surface area contributed by atoms with Gasteiger partial charge in [0.2, 0.25) is 22.0 Å². The van der Waals surface area contributed by atoms with Crippen molar-refractivity contribution in [2.75, 3.05) is 63.0 Å². The number of halogens is 4. The summed E-state index contributed by atoms with van der Waals surface area (Å²) in [6.45, 7) is 8.58. The molecule has 0 spiro atoms. The molecule has 50 heavy (non-hydrogen) atoms. The highest BCUT2D eigenvalue weighted by molar-refractivity contribution is 7.88. The van der Waals surface area contributed by atoms with Gasteiger partial charge in [-0.2, -0.15) is 27.7 Å². The van der Waals surface area contributed by atoms with Gasteiger partial charge < -0.3 is 15.2 Å². The lowest BCUT2D eigenvalue weighted by molar-refractivity contribution is -0.126. The quantitative estimate of drug-likeness (QED) is 0.198. The van der Waals surface area contributed by atoms with Crippen molar-refractivity contribution in [3.05, 3.63) is 46.0 Å². The van der Waals surface area contributed by atoms with E-state index in [1.54, 1.807) is 13.1 Å². The number of hydrogen-bond donors (Lipinski definition) is 2. The van der Waals surface area contributed by atoms with Gasteiger partial charge in [0.05, 0.1) is 11.8 Å². The number of thiophene rings is 1. The normalized spacial score (nSPS) is 18.1. The molecule has 2 N–H and O–H groups in total. The Morgan fingerprint density at radius 1 is 1.08 bits per heavy atom. The molecule has 0 radical (unpaired) electrons. The third-order valence-electron chi connectivity index (χ3n) is 9.82. The van der Waals surface area contributed by atoms with Crippen LogP contribution in [0.3, 0.4) is 0 Å². The first-order valence-electron chi connectivity index (χ1n) is 16.6. The van der Waals surface area contributed by atoms with Gasteiger partial charge in [-0.05, 0) is 56.0 Å². The number of nitrogens with one attached hydrogen (secondary N) is 2. The van der Waals surface area contributed by atoms with Crippen LogP contribution < -0.4 is 10.6 Å². The van der Waals surface area contributed by atoms with Crippen molar-refractivity contribution in [3.63, 3.8) is 0 Å². The molecule has 0 unspecified atom stereocenters. The second-order valence-electron chi connectivity index (χ2n) is 13.1. The van der Waals surface area contributed by atoms with Gasteiger partial charge >= 0.3 is 6.18 Å². The Balaban J connectivity index is 1.09. The van der Waals surface area contributed by atoms with Crippen molar-refractivity contribution in [2.24, 2.45) is 0 Å². The van der Waals surface area contributed by atoms with E-state index in [0.717, 1.165) is 60.3 Å². The molecule has 3 aromatic heterocycles. The Kier molecular flexibility index (Phi) is 10.6. The molecule has 1 aromatic carbocycles. The van der Waals surface area contributed by atoms with Crippen LogP contribution in [0.15, 0.2) is 24.3 Å². The summed E-state index contributed by atoms with van der Waals surface area (Å²) in [7, 11) is -2.18. The summed E-state index contributed by atoms with van der Waals surface area (Å²) in [6.07, 6.45) is -3.62. The van der Waals surface area contributed by atoms with E-state index in [-0.39, 0.29) is 30.1 Å². The average Bonchev–Trinajstić information content (AvgIpc) is 3.66. The first kappa shape index (κ1) is 36.2. The van der Waals surface area contributed by atoms with Gasteiger partial charge in [-0.3, -0.25) is 9.80 Å². The van der Waals surface area contributed by atoms with E-state index in [1.165, 1.54) is 9.87 Å². The number of anilines is 2. The van der Waals surface area contributed by atoms with Gasteiger partial charge in [-0.25, -0.2) is 17.8 Å². The number of rotatable bonds is 11. The molecule has 2 fully saturated rings. The Labute approximate surface area is 292 Å². The minimum absolute atomic E-state index is 0.0350. The Hall–Kier alpha value is -3.56. The lowest BCUT2D eigenvalue weighted by atomic mass is 10.0. The highest BCUT2D eigenvalue weighted by atomic mass is 32.2. The number of nitrogens with zero attached hydrogens (tertiary/aromatic N) is 7. The highest BCUT2D eigenvalue weighted by Crippen LogP contribution is 2.35. The first-order valence-corrected chi connectivity index (χ1v) is 19.0. The predicted molar refractivity (Wildman–Crippen MR) is 188 cm³/mol. The van der Waals surface area contributed by atoms with E-state index < -0.39 is 28.6 Å². The molecule has 6 rings (SSSR count). The van der Waals surface area contributed by atoms with E-state index in [2.05, 4.69) is 62.5 Å². The molecule has 17 heteroatoms. The van der Waals surface area contributed by atoms with Crippen molar-refractivity contribution >= 4 is 54.2 Å². The van der Waals surface area contributed by atoms with Crippen LogP contribution >= 0.6 is 11.3 Å². The van der Waals surface area contributed by atoms with Gasteiger partial charge in [-0.1, -0.05) is 6.07 Å². The van der Waals surface area contributed by atoms with Crippen molar-refractivity contribution in [2.45, 2.75) is 64.5 Å². The fraction of sp³-hybridized carbons (Fsp3) is 0.545. The SMILES string of the molecule is CNc1nc(NC2CCN(Cc3ccc4c(cc(C#N)n4C[C@H](C)N4CCN(S(=O)(=O)CF)CC4)c3C)CC2)c2cc(CC(F)(F)F)sc2n1. The van der Waals surface area contributed by atoms with Gasteiger partial charge in [0, 0.05) is 87.3 Å². The highest BCUT2D eigenvalue weighted by Gasteiger charge is 2.31. The topological polar surface area (TPSA) is 122 Å². The van der Waals surface area contributed by atoms with Gasteiger partial charge in [0.1, 0.15) is 22.4 Å². The molecule has 0 aliphatic carbocycles. The fourth-order valence-electron chi connectivity index (χ4n) is 7.00. The number of fused-ring (bicyclic) bond motifs is 2. The number of sulfonamides is 1.